The van der Waals surface area contributed by atoms with Crippen LogP contribution in [0.3, 0.4) is 0 Å². The Bertz CT molecular complexity index is 1510. The normalized spacial score (nSPS) is 15.6. The van der Waals surface area contributed by atoms with Crippen LogP contribution in [-0.2, 0) is 5.92 Å². The lowest BCUT2D eigenvalue weighted by atomic mass is 10.1. The second kappa shape index (κ2) is 9.40. The lowest BCUT2D eigenvalue weighted by Gasteiger charge is -2.32. The molecule has 5 rings (SSSR count). The first kappa shape index (κ1) is 24.0. The molecule has 4 heterocycles. The standard InChI is InChI=1S/C25H24F2N6O2S/c1-29-24(25(26,27)17-3-5-19-16(15-17)9-14-35-19)33-22(28)8-4-18(30-33)20-6-7-21(36-20)23(34)32-12-10-31(2)11-13-32/h3-9,14-15,28H,10-13H2,1-2H3. The van der Waals surface area contributed by atoms with E-state index in [-0.39, 0.29) is 17.0 Å². The predicted molar refractivity (Wildman–Crippen MR) is 134 cm³/mol. The van der Waals surface area contributed by atoms with Gasteiger partial charge in [0.2, 0.25) is 5.84 Å². The van der Waals surface area contributed by atoms with Gasteiger partial charge in [-0.2, -0.15) is 18.6 Å². The third-order valence-corrected chi connectivity index (χ3v) is 7.30. The number of aromatic nitrogens is 2. The van der Waals surface area contributed by atoms with Crippen molar-refractivity contribution in [1.82, 2.24) is 19.6 Å². The number of fused-ring (bicyclic) bond motifs is 1. The third kappa shape index (κ3) is 4.35. The zero-order valence-corrected chi connectivity index (χ0v) is 20.6. The Morgan fingerprint density at radius 1 is 1.11 bits per heavy atom. The van der Waals surface area contributed by atoms with Crippen molar-refractivity contribution in [1.29, 1.82) is 5.41 Å². The molecular formula is C25H24F2N6O2S. The van der Waals surface area contributed by atoms with Gasteiger partial charge in [-0.15, -0.1) is 11.3 Å². The first-order valence-electron chi connectivity index (χ1n) is 11.3. The molecule has 1 N–H and O–H groups in total. The molecule has 36 heavy (non-hydrogen) atoms. The highest BCUT2D eigenvalue weighted by Crippen LogP contribution is 2.33. The number of nitrogens with one attached hydrogen (secondary N) is 1. The second-order valence-corrected chi connectivity index (χ2v) is 9.65. The minimum atomic E-state index is -3.52. The smallest absolute Gasteiger partial charge is 0.331 e. The molecule has 0 spiro atoms. The van der Waals surface area contributed by atoms with Gasteiger partial charge in [-0.3, -0.25) is 15.2 Å². The number of amides is 1. The number of aliphatic imine (C=N–C) groups is 1. The SMILES string of the molecule is CN=C(n1nc(-c2ccc(C(=O)N3CCN(C)CC3)s2)ccc1=N)C(F)(F)c1ccc2occc2c1. The number of halogens is 2. The van der Waals surface area contributed by atoms with Crippen LogP contribution in [-0.4, -0.2) is 71.6 Å². The Hall–Kier alpha value is -3.70. The number of furan rings is 1. The molecule has 1 aliphatic rings. The topological polar surface area (TPSA) is 90.7 Å². The molecule has 1 aromatic carbocycles. The first-order chi connectivity index (χ1) is 17.3. The van der Waals surface area contributed by atoms with Crippen LogP contribution in [0.4, 0.5) is 8.78 Å². The quantitative estimate of drug-likeness (QED) is 0.333. The fourth-order valence-corrected chi connectivity index (χ4v) is 5.07. The Balaban J connectivity index is 1.46. The number of hydrogen-bond acceptors (Lipinski definition) is 7. The van der Waals surface area contributed by atoms with E-state index in [1.54, 1.807) is 24.3 Å². The van der Waals surface area contributed by atoms with E-state index in [4.69, 9.17) is 9.83 Å². The van der Waals surface area contributed by atoms with Gasteiger partial charge >= 0.3 is 5.92 Å². The summed E-state index contributed by atoms with van der Waals surface area (Å²) >= 11 is 1.25. The summed E-state index contributed by atoms with van der Waals surface area (Å²) in [7, 11) is 3.27. The van der Waals surface area contributed by atoms with Crippen molar-refractivity contribution in [3.63, 3.8) is 0 Å². The van der Waals surface area contributed by atoms with Crippen molar-refractivity contribution < 1.29 is 18.0 Å². The number of likely N-dealkylation sites (N-methyl/N-ethyl adjacent to an activating group) is 1. The monoisotopic (exact) mass is 510 g/mol. The van der Waals surface area contributed by atoms with Crippen LogP contribution in [0.5, 0.6) is 0 Å². The van der Waals surface area contributed by atoms with Crippen LogP contribution in [0.15, 0.2) is 64.2 Å². The van der Waals surface area contributed by atoms with Crippen molar-refractivity contribution >= 4 is 34.0 Å². The van der Waals surface area contributed by atoms with Crippen LogP contribution in [0.1, 0.15) is 15.2 Å². The molecule has 8 nitrogen and oxygen atoms in total. The van der Waals surface area contributed by atoms with Gasteiger partial charge < -0.3 is 14.2 Å². The Morgan fingerprint density at radius 3 is 2.64 bits per heavy atom. The average Bonchev–Trinajstić information content (AvgIpc) is 3.55. The van der Waals surface area contributed by atoms with E-state index >= 15 is 8.78 Å². The maximum Gasteiger partial charge on any atom is 0.331 e. The zero-order chi connectivity index (χ0) is 25.4. The number of thiophene rings is 1. The Labute approximate surface area is 209 Å². The van der Waals surface area contributed by atoms with Crippen molar-refractivity contribution in [3.8, 4) is 10.6 Å². The molecule has 186 valence electrons. The van der Waals surface area contributed by atoms with Crippen molar-refractivity contribution in [2.75, 3.05) is 40.3 Å². The first-order valence-corrected chi connectivity index (χ1v) is 12.2. The highest BCUT2D eigenvalue weighted by molar-refractivity contribution is 7.17. The molecule has 1 saturated heterocycles. The fraction of sp³-hybridized carbons (Fsp3) is 0.280. The number of rotatable bonds is 4. The van der Waals surface area contributed by atoms with Gasteiger partial charge in [-0.25, -0.2) is 0 Å². The molecule has 1 fully saturated rings. The molecule has 0 unspecified atom stereocenters. The van der Waals surface area contributed by atoms with Crippen LogP contribution < -0.4 is 5.49 Å². The summed E-state index contributed by atoms with van der Waals surface area (Å²) in [6.45, 7) is 2.95. The molecule has 0 bridgehead atoms. The molecule has 0 saturated carbocycles. The van der Waals surface area contributed by atoms with Gasteiger partial charge in [0.05, 0.1) is 16.0 Å². The van der Waals surface area contributed by atoms with Crippen molar-refractivity contribution in [2.24, 2.45) is 4.99 Å². The maximum atomic E-state index is 15.6. The second-order valence-electron chi connectivity index (χ2n) is 8.57. The van der Waals surface area contributed by atoms with E-state index < -0.39 is 11.8 Å². The number of alkyl halides is 2. The van der Waals surface area contributed by atoms with E-state index in [0.717, 1.165) is 17.8 Å². The zero-order valence-electron chi connectivity index (χ0n) is 19.7. The van der Waals surface area contributed by atoms with Crippen molar-refractivity contribution in [2.45, 2.75) is 5.92 Å². The van der Waals surface area contributed by atoms with E-state index in [1.807, 2.05) is 11.9 Å². The van der Waals surface area contributed by atoms with E-state index in [0.29, 0.717) is 39.5 Å². The summed E-state index contributed by atoms with van der Waals surface area (Å²) in [5.41, 5.74) is 0.342. The lowest BCUT2D eigenvalue weighted by Crippen LogP contribution is -2.46. The lowest BCUT2D eigenvalue weighted by molar-refractivity contribution is 0.0668. The van der Waals surface area contributed by atoms with Crippen LogP contribution in [0.2, 0.25) is 0 Å². The maximum absolute atomic E-state index is 15.6. The molecule has 4 aromatic rings. The van der Waals surface area contributed by atoms with Gasteiger partial charge in [0, 0.05) is 44.2 Å². The van der Waals surface area contributed by atoms with Crippen LogP contribution >= 0.6 is 11.3 Å². The fourth-order valence-electron chi connectivity index (χ4n) is 4.13. The summed E-state index contributed by atoms with van der Waals surface area (Å²) in [4.78, 5) is 21.9. The third-order valence-electron chi connectivity index (χ3n) is 6.20. The van der Waals surface area contributed by atoms with Gasteiger partial charge in [0.25, 0.3) is 5.91 Å². The number of hydrogen-bond donors (Lipinski definition) is 1. The van der Waals surface area contributed by atoms with E-state index in [1.165, 1.54) is 48.9 Å². The van der Waals surface area contributed by atoms with Gasteiger partial charge in [0.15, 0.2) is 0 Å². The molecular weight excluding hydrogens is 486 g/mol. The highest BCUT2D eigenvalue weighted by atomic mass is 32.1. The number of nitrogens with zero attached hydrogens (tertiary/aromatic N) is 5. The molecule has 11 heteroatoms. The van der Waals surface area contributed by atoms with E-state index in [9.17, 15) is 4.79 Å². The van der Waals surface area contributed by atoms with Crippen LogP contribution in [0, 0.1) is 5.41 Å². The average molecular weight is 511 g/mol. The summed E-state index contributed by atoms with van der Waals surface area (Å²) in [6, 6.07) is 12.2. The summed E-state index contributed by atoms with van der Waals surface area (Å²) in [6.07, 6.45) is 1.44. The van der Waals surface area contributed by atoms with Crippen LogP contribution in [0.25, 0.3) is 21.5 Å². The van der Waals surface area contributed by atoms with Gasteiger partial charge in [-0.1, -0.05) is 0 Å². The summed E-state index contributed by atoms with van der Waals surface area (Å²) in [5, 5.41) is 13.1. The predicted octanol–water partition coefficient (Wildman–Crippen LogP) is 3.89. The number of benzene rings is 1. The number of piperazine rings is 1. The molecule has 3 aromatic heterocycles. The summed E-state index contributed by atoms with van der Waals surface area (Å²) in [5.74, 6) is -4.26. The van der Waals surface area contributed by atoms with E-state index in [2.05, 4.69) is 15.0 Å². The molecule has 0 aliphatic carbocycles. The highest BCUT2D eigenvalue weighted by Gasteiger charge is 2.40. The van der Waals surface area contributed by atoms with Crippen molar-refractivity contribution in [3.05, 3.63) is 70.7 Å². The minimum absolute atomic E-state index is 0.0543. The van der Waals surface area contributed by atoms with Gasteiger partial charge in [0.1, 0.15) is 16.8 Å². The number of carbonyl (C=O) groups excluding carboxylic acids is 1. The Morgan fingerprint density at radius 2 is 1.89 bits per heavy atom. The Kier molecular flexibility index (Phi) is 6.27. The largest absolute Gasteiger partial charge is 0.464 e. The van der Waals surface area contributed by atoms with Gasteiger partial charge in [-0.05, 0) is 55.6 Å². The molecule has 0 radical (unpaired) electrons. The molecule has 1 amide bonds. The minimum Gasteiger partial charge on any atom is -0.464 e. The number of carbonyl (C=O) groups is 1. The molecule has 0 atom stereocenters. The summed E-state index contributed by atoms with van der Waals surface area (Å²) < 4.78 is 37.4. The molecule has 1 aliphatic heterocycles.